The van der Waals surface area contributed by atoms with Crippen LogP contribution in [0.5, 0.6) is 0 Å². The van der Waals surface area contributed by atoms with E-state index < -0.39 is 35.0 Å². The fourth-order valence-electron chi connectivity index (χ4n) is 1.57. The van der Waals surface area contributed by atoms with Crippen molar-refractivity contribution in [3.63, 3.8) is 0 Å². The number of nitrogens with zero attached hydrogens (tertiary/aromatic N) is 1. The maximum absolute atomic E-state index is 12.3. The van der Waals surface area contributed by atoms with Gasteiger partial charge in [-0.3, -0.25) is 9.59 Å². The zero-order chi connectivity index (χ0) is 15.5. The first-order valence-electron chi connectivity index (χ1n) is 5.72. The van der Waals surface area contributed by atoms with Crippen LogP contribution in [0, 0.1) is 13.8 Å². The van der Waals surface area contributed by atoms with Gasteiger partial charge in [0.25, 0.3) is 0 Å². The van der Waals surface area contributed by atoms with Crippen molar-refractivity contribution < 1.29 is 23.1 Å². The molecule has 0 saturated carbocycles. The number of benzene rings is 1. The van der Waals surface area contributed by atoms with E-state index in [9.17, 15) is 18.0 Å². The molecule has 1 aromatic carbocycles. The SMILES string of the molecule is Cc1ccc(S(=O)(=O)N(CC(N)=O)CC(=O)O)cc1C. The predicted molar refractivity (Wildman–Crippen MR) is 71.5 cm³/mol. The Bertz CT molecular complexity index is 623. The van der Waals surface area contributed by atoms with Crippen molar-refractivity contribution in [1.82, 2.24) is 4.31 Å². The van der Waals surface area contributed by atoms with Crippen molar-refractivity contribution >= 4 is 21.9 Å². The molecule has 0 saturated heterocycles. The molecule has 7 nitrogen and oxygen atoms in total. The molecule has 0 fully saturated rings. The Balaban J connectivity index is 3.24. The first kappa shape index (κ1) is 16.1. The number of carboxylic acids is 1. The van der Waals surface area contributed by atoms with Crippen LogP contribution < -0.4 is 5.73 Å². The van der Waals surface area contributed by atoms with E-state index >= 15 is 0 Å². The molecule has 0 unspecified atom stereocenters. The van der Waals surface area contributed by atoms with Crippen molar-refractivity contribution in [2.45, 2.75) is 18.7 Å². The number of hydrogen-bond acceptors (Lipinski definition) is 4. The fourth-order valence-corrected chi connectivity index (χ4v) is 3.02. The predicted octanol–water partition coefficient (Wildman–Crippen LogP) is -0.136. The van der Waals surface area contributed by atoms with Gasteiger partial charge in [0, 0.05) is 0 Å². The molecule has 0 spiro atoms. The molecule has 0 radical (unpaired) electrons. The minimum atomic E-state index is -4.08. The van der Waals surface area contributed by atoms with Gasteiger partial charge in [0.05, 0.1) is 11.4 Å². The standard InChI is InChI=1S/C12H16N2O5S/c1-8-3-4-10(5-9(8)2)20(18,19)14(6-11(13)15)7-12(16)17/h3-5H,6-7H2,1-2H3,(H2,13,15)(H,16,17). The molecule has 0 aliphatic heterocycles. The zero-order valence-electron chi connectivity index (χ0n) is 11.2. The number of aliphatic carboxylic acids is 1. The first-order valence-corrected chi connectivity index (χ1v) is 7.16. The number of nitrogens with two attached hydrogens (primary N) is 1. The van der Waals surface area contributed by atoms with E-state index in [1.807, 2.05) is 6.92 Å². The maximum atomic E-state index is 12.3. The second-order valence-corrected chi connectivity index (χ2v) is 6.32. The lowest BCUT2D eigenvalue weighted by molar-refractivity contribution is -0.137. The summed E-state index contributed by atoms with van der Waals surface area (Å²) in [6, 6.07) is 4.42. The summed E-state index contributed by atoms with van der Waals surface area (Å²) in [4.78, 5) is 21.6. The van der Waals surface area contributed by atoms with Crippen LogP contribution in [0.3, 0.4) is 0 Å². The summed E-state index contributed by atoms with van der Waals surface area (Å²) in [7, 11) is -4.08. The molecular formula is C12H16N2O5S. The summed E-state index contributed by atoms with van der Waals surface area (Å²) in [5, 5.41) is 8.75. The summed E-state index contributed by atoms with van der Waals surface area (Å²) in [6.07, 6.45) is 0. The molecule has 3 N–H and O–H groups in total. The van der Waals surface area contributed by atoms with Gasteiger partial charge in [-0.1, -0.05) is 6.07 Å². The lowest BCUT2D eigenvalue weighted by Gasteiger charge is -2.19. The fraction of sp³-hybridized carbons (Fsp3) is 0.333. The summed E-state index contributed by atoms with van der Waals surface area (Å²) < 4.78 is 25.2. The number of sulfonamides is 1. The van der Waals surface area contributed by atoms with Gasteiger partial charge in [-0.05, 0) is 37.1 Å². The number of primary amides is 1. The van der Waals surface area contributed by atoms with E-state index in [1.165, 1.54) is 12.1 Å². The number of carboxylic acid groups (broad SMARTS) is 1. The van der Waals surface area contributed by atoms with E-state index in [-0.39, 0.29) is 4.90 Å². The van der Waals surface area contributed by atoms with Crippen molar-refractivity contribution in [1.29, 1.82) is 0 Å². The molecule has 1 aromatic rings. The van der Waals surface area contributed by atoms with Crippen molar-refractivity contribution in [2.75, 3.05) is 13.1 Å². The zero-order valence-corrected chi connectivity index (χ0v) is 12.0. The van der Waals surface area contributed by atoms with E-state index in [4.69, 9.17) is 10.8 Å². The summed E-state index contributed by atoms with van der Waals surface area (Å²) in [5.41, 5.74) is 6.62. The van der Waals surface area contributed by atoms with Crippen LogP contribution in [0.4, 0.5) is 0 Å². The average Bonchev–Trinajstić information content (AvgIpc) is 2.30. The van der Waals surface area contributed by atoms with Crippen molar-refractivity contribution in [3.05, 3.63) is 29.3 Å². The molecule has 1 rings (SSSR count). The highest BCUT2D eigenvalue weighted by Crippen LogP contribution is 2.18. The van der Waals surface area contributed by atoms with Crippen molar-refractivity contribution in [2.24, 2.45) is 5.73 Å². The van der Waals surface area contributed by atoms with Gasteiger partial charge in [0.1, 0.15) is 6.54 Å². The summed E-state index contributed by atoms with van der Waals surface area (Å²) >= 11 is 0. The Hall–Kier alpha value is -1.93. The Labute approximate surface area is 117 Å². The quantitative estimate of drug-likeness (QED) is 0.758. The van der Waals surface area contributed by atoms with Gasteiger partial charge in [-0.2, -0.15) is 4.31 Å². The third-order valence-electron chi connectivity index (χ3n) is 2.76. The van der Waals surface area contributed by atoms with Gasteiger partial charge in [0.2, 0.25) is 15.9 Å². The largest absolute Gasteiger partial charge is 0.480 e. The van der Waals surface area contributed by atoms with Gasteiger partial charge >= 0.3 is 5.97 Å². The molecule has 8 heteroatoms. The van der Waals surface area contributed by atoms with Crippen molar-refractivity contribution in [3.8, 4) is 0 Å². The van der Waals surface area contributed by atoms with Crippen LogP contribution in [-0.2, 0) is 19.6 Å². The Morgan fingerprint density at radius 1 is 1.20 bits per heavy atom. The third kappa shape index (κ3) is 3.78. The Kier molecular flexibility index (Phi) is 4.85. The summed E-state index contributed by atoms with van der Waals surface area (Å²) in [5.74, 6) is -2.28. The number of carbonyl (C=O) groups is 2. The second-order valence-electron chi connectivity index (χ2n) is 4.38. The van der Waals surface area contributed by atoms with Gasteiger partial charge in [0.15, 0.2) is 0 Å². The molecular weight excluding hydrogens is 284 g/mol. The van der Waals surface area contributed by atoms with E-state index in [0.717, 1.165) is 11.1 Å². The van der Waals surface area contributed by atoms with Crippen LogP contribution in [0.2, 0.25) is 0 Å². The van der Waals surface area contributed by atoms with E-state index in [0.29, 0.717) is 4.31 Å². The second kappa shape index (κ2) is 6.02. The van der Waals surface area contributed by atoms with Crippen LogP contribution in [-0.4, -0.2) is 42.8 Å². The normalized spacial score (nSPS) is 11.6. The van der Waals surface area contributed by atoms with Gasteiger partial charge < -0.3 is 10.8 Å². The summed E-state index contributed by atoms with van der Waals surface area (Å²) in [6.45, 7) is 2.06. The molecule has 1 amide bonds. The first-order chi connectivity index (χ1) is 9.14. The van der Waals surface area contributed by atoms with Crippen LogP contribution in [0.25, 0.3) is 0 Å². The Morgan fingerprint density at radius 3 is 2.25 bits per heavy atom. The number of hydrogen-bond donors (Lipinski definition) is 2. The molecule has 20 heavy (non-hydrogen) atoms. The maximum Gasteiger partial charge on any atom is 0.318 e. The molecule has 0 heterocycles. The molecule has 0 atom stereocenters. The third-order valence-corrected chi connectivity index (χ3v) is 4.55. The highest BCUT2D eigenvalue weighted by Gasteiger charge is 2.28. The van der Waals surface area contributed by atoms with E-state index in [1.54, 1.807) is 13.0 Å². The Morgan fingerprint density at radius 2 is 1.80 bits per heavy atom. The van der Waals surface area contributed by atoms with Crippen LogP contribution in [0.1, 0.15) is 11.1 Å². The molecule has 0 aromatic heterocycles. The number of carbonyl (C=O) groups excluding carboxylic acids is 1. The molecule has 0 aliphatic carbocycles. The molecule has 110 valence electrons. The number of aryl methyl sites for hydroxylation is 2. The monoisotopic (exact) mass is 300 g/mol. The lowest BCUT2D eigenvalue weighted by Crippen LogP contribution is -2.41. The molecule has 0 bridgehead atoms. The minimum Gasteiger partial charge on any atom is -0.480 e. The van der Waals surface area contributed by atoms with Gasteiger partial charge in [-0.25, -0.2) is 8.42 Å². The van der Waals surface area contributed by atoms with Crippen LogP contribution >= 0.6 is 0 Å². The highest BCUT2D eigenvalue weighted by atomic mass is 32.2. The lowest BCUT2D eigenvalue weighted by atomic mass is 10.1. The number of amides is 1. The minimum absolute atomic E-state index is 0.0666. The van der Waals surface area contributed by atoms with Crippen LogP contribution in [0.15, 0.2) is 23.1 Å². The van der Waals surface area contributed by atoms with Gasteiger partial charge in [-0.15, -0.1) is 0 Å². The van der Waals surface area contributed by atoms with E-state index in [2.05, 4.69) is 0 Å². The topological polar surface area (TPSA) is 118 Å². The smallest absolute Gasteiger partial charge is 0.318 e. The number of rotatable bonds is 6. The highest BCUT2D eigenvalue weighted by molar-refractivity contribution is 7.89. The average molecular weight is 300 g/mol. The molecule has 0 aliphatic rings.